The second-order valence-corrected chi connectivity index (χ2v) is 8.67. The van der Waals surface area contributed by atoms with E-state index in [4.69, 9.17) is 9.47 Å². The monoisotopic (exact) mass is 547 g/mol. The standard InChI is InChI=1S/C28H23F2N5O5/c1-3-34-28(38)35(18-7-4-16(29)5-8-18)27(37)25(33-34)26(36)32-17-6-11-24(21(30)14-17)40-23-12-13-31-22-15-19(39-2)9-10-20(22)23/h4-15,25,33H,3H2,1-2H3,(H,32,36). The van der Waals surface area contributed by atoms with Crippen molar-refractivity contribution in [1.82, 2.24) is 15.4 Å². The summed E-state index contributed by atoms with van der Waals surface area (Å²) >= 11 is 0. The van der Waals surface area contributed by atoms with Crippen LogP contribution < -0.4 is 25.1 Å². The van der Waals surface area contributed by atoms with Crippen molar-refractivity contribution in [2.24, 2.45) is 0 Å². The van der Waals surface area contributed by atoms with E-state index >= 15 is 4.39 Å². The van der Waals surface area contributed by atoms with Gasteiger partial charge in [0.15, 0.2) is 17.6 Å². The summed E-state index contributed by atoms with van der Waals surface area (Å²) in [4.78, 5) is 44.1. The molecule has 12 heteroatoms. The van der Waals surface area contributed by atoms with E-state index in [9.17, 15) is 18.8 Å². The number of pyridine rings is 1. The number of fused-ring (bicyclic) bond motifs is 1. The van der Waals surface area contributed by atoms with Crippen LogP contribution in [0.1, 0.15) is 6.92 Å². The molecule has 1 aromatic heterocycles. The van der Waals surface area contributed by atoms with E-state index in [2.05, 4.69) is 15.7 Å². The number of methoxy groups -OCH3 is 1. The Morgan fingerprint density at radius 3 is 2.50 bits per heavy atom. The zero-order chi connectivity index (χ0) is 28.4. The lowest BCUT2D eigenvalue weighted by Gasteiger charge is -2.37. The molecule has 10 nitrogen and oxygen atoms in total. The molecule has 2 N–H and O–H groups in total. The Kier molecular flexibility index (Phi) is 7.25. The maximum atomic E-state index is 15.0. The molecule has 1 aliphatic heterocycles. The first-order valence-corrected chi connectivity index (χ1v) is 12.2. The largest absolute Gasteiger partial charge is 0.497 e. The van der Waals surface area contributed by atoms with Gasteiger partial charge in [-0.3, -0.25) is 19.6 Å². The van der Waals surface area contributed by atoms with Gasteiger partial charge in [0, 0.05) is 35.9 Å². The van der Waals surface area contributed by atoms with Crippen LogP contribution in [0.4, 0.5) is 25.0 Å². The summed E-state index contributed by atoms with van der Waals surface area (Å²) in [5.41, 5.74) is 3.35. The number of hydrogen-bond acceptors (Lipinski definition) is 7. The van der Waals surface area contributed by atoms with Gasteiger partial charge in [0.2, 0.25) is 0 Å². The number of hydrazine groups is 1. The Morgan fingerprint density at radius 1 is 1.02 bits per heavy atom. The molecular formula is C28H23F2N5O5. The quantitative estimate of drug-likeness (QED) is 0.325. The van der Waals surface area contributed by atoms with E-state index in [-0.39, 0.29) is 23.7 Å². The molecule has 5 rings (SSSR count). The highest BCUT2D eigenvalue weighted by Crippen LogP contribution is 2.33. The van der Waals surface area contributed by atoms with Crippen LogP contribution >= 0.6 is 0 Å². The van der Waals surface area contributed by atoms with Gasteiger partial charge in [-0.15, -0.1) is 0 Å². The van der Waals surface area contributed by atoms with Gasteiger partial charge in [-0.2, -0.15) is 0 Å². The van der Waals surface area contributed by atoms with Crippen molar-refractivity contribution in [2.45, 2.75) is 13.0 Å². The lowest BCUT2D eigenvalue weighted by molar-refractivity contribution is -0.130. The molecular weight excluding hydrogens is 524 g/mol. The zero-order valence-corrected chi connectivity index (χ0v) is 21.4. The number of halogens is 2. The average molecular weight is 548 g/mol. The predicted molar refractivity (Wildman–Crippen MR) is 142 cm³/mol. The van der Waals surface area contributed by atoms with Crippen molar-refractivity contribution in [3.8, 4) is 17.2 Å². The predicted octanol–water partition coefficient (Wildman–Crippen LogP) is 4.61. The molecule has 0 spiro atoms. The minimum Gasteiger partial charge on any atom is -0.497 e. The first-order valence-electron chi connectivity index (χ1n) is 12.2. The number of rotatable bonds is 7. The first kappa shape index (κ1) is 26.5. The number of amides is 4. The van der Waals surface area contributed by atoms with Crippen LogP contribution in [-0.2, 0) is 9.59 Å². The molecule has 1 unspecified atom stereocenters. The van der Waals surface area contributed by atoms with Crippen LogP contribution in [0.2, 0.25) is 0 Å². The normalized spacial score (nSPS) is 15.3. The molecule has 3 aromatic carbocycles. The maximum Gasteiger partial charge on any atom is 0.345 e. The molecule has 4 aromatic rings. The van der Waals surface area contributed by atoms with E-state index in [1.807, 2.05) is 0 Å². The van der Waals surface area contributed by atoms with Gasteiger partial charge in [-0.1, -0.05) is 0 Å². The third-order valence-corrected chi connectivity index (χ3v) is 6.17. The Morgan fingerprint density at radius 2 is 1.80 bits per heavy atom. The number of aromatic nitrogens is 1. The number of carbonyl (C=O) groups is 3. The Hall–Kier alpha value is -5.10. The molecule has 2 heterocycles. The summed E-state index contributed by atoms with van der Waals surface area (Å²) in [7, 11) is 1.54. The highest BCUT2D eigenvalue weighted by atomic mass is 19.1. The molecule has 0 aliphatic carbocycles. The number of urea groups is 1. The summed E-state index contributed by atoms with van der Waals surface area (Å²) in [6.07, 6.45) is 1.53. The van der Waals surface area contributed by atoms with Gasteiger partial charge in [-0.25, -0.2) is 23.9 Å². The van der Waals surface area contributed by atoms with Crippen molar-refractivity contribution >= 4 is 40.1 Å². The summed E-state index contributed by atoms with van der Waals surface area (Å²) in [6, 6.07) is 13.1. The third-order valence-electron chi connectivity index (χ3n) is 6.17. The lowest BCUT2D eigenvalue weighted by Crippen LogP contribution is -2.68. The number of hydrogen-bond donors (Lipinski definition) is 2. The van der Waals surface area contributed by atoms with E-state index in [1.54, 1.807) is 38.3 Å². The van der Waals surface area contributed by atoms with Gasteiger partial charge in [0.25, 0.3) is 11.8 Å². The second-order valence-electron chi connectivity index (χ2n) is 8.67. The number of anilines is 2. The fourth-order valence-corrected chi connectivity index (χ4v) is 4.15. The Bertz CT molecular complexity index is 1620. The SMILES string of the molecule is CCN1NC(C(=O)Nc2ccc(Oc3ccnc4cc(OC)ccc34)c(F)c2)C(=O)N(c2ccc(F)cc2)C1=O. The van der Waals surface area contributed by atoms with Crippen LogP contribution in [0.15, 0.2) is 72.9 Å². The smallest absolute Gasteiger partial charge is 0.345 e. The minimum absolute atomic E-state index is 0.0575. The number of ether oxygens (including phenoxy) is 2. The van der Waals surface area contributed by atoms with E-state index in [0.717, 1.165) is 28.1 Å². The van der Waals surface area contributed by atoms with Crippen molar-refractivity contribution in [1.29, 1.82) is 0 Å². The fourth-order valence-electron chi connectivity index (χ4n) is 4.15. The molecule has 40 heavy (non-hydrogen) atoms. The molecule has 4 amide bonds. The van der Waals surface area contributed by atoms with Gasteiger partial charge in [-0.05, 0) is 61.5 Å². The average Bonchev–Trinajstić information content (AvgIpc) is 2.95. The fraction of sp³-hybridized carbons (Fsp3) is 0.143. The Balaban J connectivity index is 1.34. The summed E-state index contributed by atoms with van der Waals surface area (Å²) in [5.74, 6) is -2.14. The van der Waals surface area contributed by atoms with Crippen LogP contribution in [0.3, 0.4) is 0 Å². The Labute approximate surface area is 227 Å². The molecule has 1 saturated heterocycles. The number of nitrogens with one attached hydrogen (secondary N) is 2. The van der Waals surface area contributed by atoms with Crippen LogP contribution in [-0.4, -0.2) is 47.5 Å². The van der Waals surface area contributed by atoms with Crippen LogP contribution in [0.25, 0.3) is 10.9 Å². The van der Waals surface area contributed by atoms with Crippen LogP contribution in [0, 0.1) is 11.6 Å². The molecule has 0 bridgehead atoms. The first-order chi connectivity index (χ1) is 19.3. The van der Waals surface area contributed by atoms with E-state index in [0.29, 0.717) is 22.4 Å². The number of carbonyl (C=O) groups excluding carboxylic acids is 3. The van der Waals surface area contributed by atoms with Crippen molar-refractivity contribution < 1.29 is 32.6 Å². The number of nitrogens with zero attached hydrogens (tertiary/aromatic N) is 3. The molecule has 1 aliphatic rings. The van der Waals surface area contributed by atoms with Gasteiger partial charge in [0.1, 0.15) is 17.3 Å². The molecule has 204 valence electrons. The van der Waals surface area contributed by atoms with Gasteiger partial charge in [0.05, 0.1) is 18.3 Å². The third kappa shape index (κ3) is 5.12. The summed E-state index contributed by atoms with van der Waals surface area (Å²) < 4.78 is 39.4. The number of imide groups is 1. The minimum atomic E-state index is -1.51. The highest BCUT2D eigenvalue weighted by molar-refractivity contribution is 6.25. The maximum absolute atomic E-state index is 15.0. The zero-order valence-electron chi connectivity index (χ0n) is 21.4. The lowest BCUT2D eigenvalue weighted by atomic mass is 10.1. The van der Waals surface area contributed by atoms with Crippen molar-refractivity contribution in [2.75, 3.05) is 23.9 Å². The highest BCUT2D eigenvalue weighted by Gasteiger charge is 2.43. The topological polar surface area (TPSA) is 113 Å². The second kappa shape index (κ2) is 10.9. The number of benzene rings is 3. The summed E-state index contributed by atoms with van der Waals surface area (Å²) in [6.45, 7) is 1.78. The van der Waals surface area contributed by atoms with E-state index < -0.39 is 35.5 Å². The summed E-state index contributed by atoms with van der Waals surface area (Å²) in [5, 5.41) is 4.22. The molecule has 0 saturated carbocycles. The van der Waals surface area contributed by atoms with E-state index in [1.165, 1.54) is 30.5 Å². The van der Waals surface area contributed by atoms with Crippen LogP contribution in [0.5, 0.6) is 17.2 Å². The molecule has 1 fully saturated rings. The van der Waals surface area contributed by atoms with Crippen molar-refractivity contribution in [3.05, 3.63) is 84.6 Å². The molecule has 0 radical (unpaired) electrons. The van der Waals surface area contributed by atoms with Crippen molar-refractivity contribution in [3.63, 3.8) is 0 Å². The van der Waals surface area contributed by atoms with Gasteiger partial charge < -0.3 is 14.8 Å². The molecule has 1 atom stereocenters. The van der Waals surface area contributed by atoms with Gasteiger partial charge >= 0.3 is 6.03 Å².